The molecule has 1 unspecified atom stereocenters. The Hall–Kier alpha value is -1.95. The van der Waals surface area contributed by atoms with E-state index in [0.29, 0.717) is 16.3 Å². The number of hydrogen-bond acceptors (Lipinski definition) is 5. The van der Waals surface area contributed by atoms with E-state index in [4.69, 9.17) is 0 Å². The second-order valence-corrected chi connectivity index (χ2v) is 8.21. The summed E-state index contributed by atoms with van der Waals surface area (Å²) in [6.45, 7) is 5.20. The second kappa shape index (κ2) is 7.71. The fourth-order valence-electron chi connectivity index (χ4n) is 2.86. The lowest BCUT2D eigenvalue weighted by molar-refractivity contribution is -0.236. The molecule has 12 heteroatoms. The number of halogens is 5. The number of imidazole rings is 2. The van der Waals surface area contributed by atoms with E-state index in [2.05, 4.69) is 42.7 Å². The van der Waals surface area contributed by atoms with Gasteiger partial charge in [-0.25, -0.2) is 14.4 Å². The maximum atomic E-state index is 14.9. The molecule has 1 atom stereocenters. The Kier molecular flexibility index (Phi) is 5.78. The molecule has 0 fully saturated rings. The van der Waals surface area contributed by atoms with Gasteiger partial charge in [0.05, 0.1) is 0 Å². The Morgan fingerprint density at radius 2 is 1.86 bits per heavy atom. The normalized spacial score (nSPS) is 14.3. The first kappa shape index (κ1) is 21.8. The van der Waals surface area contributed by atoms with Gasteiger partial charge in [0, 0.05) is 20.5 Å². The van der Waals surface area contributed by atoms with Crippen LogP contribution in [0.3, 0.4) is 0 Å². The van der Waals surface area contributed by atoms with E-state index < -0.39 is 24.0 Å². The molecule has 0 aromatic carbocycles. The smallest absolute Gasteiger partial charge is 0.316 e. The maximum Gasteiger partial charge on any atom is 0.428 e. The number of rotatable bonds is 6. The highest BCUT2D eigenvalue weighted by Crippen LogP contribution is 2.45. The van der Waals surface area contributed by atoms with Crippen LogP contribution in [0.5, 0.6) is 0 Å². The molecule has 0 N–H and O–H groups in total. The second-order valence-electron chi connectivity index (χ2n) is 6.25. The predicted molar refractivity (Wildman–Crippen MR) is 106 cm³/mol. The molecule has 0 amide bonds. The monoisotopic (exact) mass is 492 g/mol. The van der Waals surface area contributed by atoms with Gasteiger partial charge in [0.2, 0.25) is 0 Å². The van der Waals surface area contributed by atoms with Crippen LogP contribution in [-0.2, 0) is 19.8 Å². The molecular formula is C17H17BrF4N6S. The summed E-state index contributed by atoms with van der Waals surface area (Å²) in [6, 6.07) is 0.980. The largest absolute Gasteiger partial charge is 0.428 e. The van der Waals surface area contributed by atoms with Gasteiger partial charge >= 0.3 is 6.18 Å². The molecule has 3 aromatic rings. The van der Waals surface area contributed by atoms with Gasteiger partial charge in [0.15, 0.2) is 16.2 Å². The van der Waals surface area contributed by atoms with Crippen LogP contribution in [0.2, 0.25) is 0 Å². The number of aryl methyl sites for hydroxylation is 1. The zero-order valence-corrected chi connectivity index (χ0v) is 18.2. The molecule has 3 rings (SSSR count). The number of nitrogens with zero attached hydrogens (tertiary/aromatic N) is 6. The van der Waals surface area contributed by atoms with Gasteiger partial charge in [-0.05, 0) is 27.7 Å². The van der Waals surface area contributed by atoms with Gasteiger partial charge in [0.1, 0.15) is 21.9 Å². The minimum Gasteiger partial charge on any atom is -0.316 e. The van der Waals surface area contributed by atoms with Gasteiger partial charge in [-0.2, -0.15) is 13.2 Å². The summed E-state index contributed by atoms with van der Waals surface area (Å²) in [4.78, 5) is 8.84. The molecular weight excluding hydrogens is 476 g/mol. The van der Waals surface area contributed by atoms with Crippen molar-refractivity contribution in [3.8, 4) is 11.5 Å². The summed E-state index contributed by atoms with van der Waals surface area (Å²) in [7, 11) is 3.48. The van der Waals surface area contributed by atoms with Crippen LogP contribution in [0.25, 0.3) is 22.7 Å². The Bertz CT molecular complexity index is 1080. The topological polar surface area (TPSA) is 61.4 Å². The first-order valence-corrected chi connectivity index (χ1v) is 10.3. The molecule has 0 aliphatic rings. The number of fused-ring (bicyclic) bond motifs is 1. The first-order valence-electron chi connectivity index (χ1n) is 8.47. The van der Waals surface area contributed by atoms with Crippen LogP contribution in [0.15, 0.2) is 28.5 Å². The minimum atomic E-state index is -5.17. The van der Waals surface area contributed by atoms with Crippen LogP contribution >= 0.6 is 27.7 Å². The van der Waals surface area contributed by atoms with Gasteiger partial charge in [-0.1, -0.05) is 13.0 Å². The van der Waals surface area contributed by atoms with E-state index in [0.717, 1.165) is 22.9 Å². The first-order chi connectivity index (χ1) is 13.5. The Labute approximate surface area is 176 Å². The number of hydrogen-bond donors (Lipinski definition) is 0. The third kappa shape index (κ3) is 3.56. The molecule has 156 valence electrons. The van der Waals surface area contributed by atoms with Crippen molar-refractivity contribution in [1.82, 2.24) is 29.3 Å². The van der Waals surface area contributed by atoms with Crippen LogP contribution in [-0.4, -0.2) is 41.2 Å². The van der Waals surface area contributed by atoms with Crippen molar-refractivity contribution < 1.29 is 17.6 Å². The zero-order chi connectivity index (χ0) is 21.6. The number of thioether (sulfide) groups is 1. The molecule has 0 aliphatic heterocycles. The standard InChI is InChI=1S/C17H17BrF4N6S/c1-5-7-16(19,17(20,21)22)10-8-9-12(26-25-10)27(3)13(23-9)11-14(29-6-2)28(4)15(18)24-11/h5,8H,1,6-7H2,2-4H3. The van der Waals surface area contributed by atoms with E-state index in [9.17, 15) is 17.6 Å². The van der Waals surface area contributed by atoms with Crippen LogP contribution in [0.4, 0.5) is 17.6 Å². The van der Waals surface area contributed by atoms with E-state index in [1.54, 1.807) is 23.4 Å². The van der Waals surface area contributed by atoms with Gasteiger partial charge in [-0.15, -0.1) is 28.5 Å². The molecule has 0 aliphatic carbocycles. The van der Waals surface area contributed by atoms with Gasteiger partial charge < -0.3 is 9.13 Å². The highest BCUT2D eigenvalue weighted by molar-refractivity contribution is 9.10. The van der Waals surface area contributed by atoms with Crippen molar-refractivity contribution in [2.75, 3.05) is 5.75 Å². The lowest BCUT2D eigenvalue weighted by Crippen LogP contribution is -2.38. The lowest BCUT2D eigenvalue weighted by Gasteiger charge is -2.25. The summed E-state index contributed by atoms with van der Waals surface area (Å²) in [5, 5.41) is 8.16. The number of aromatic nitrogens is 6. The molecule has 0 spiro atoms. The predicted octanol–water partition coefficient (Wildman–Crippen LogP) is 4.94. The molecule has 0 radical (unpaired) electrons. The summed E-state index contributed by atoms with van der Waals surface area (Å²) in [5.74, 6) is 1.17. The van der Waals surface area contributed by atoms with E-state index in [1.807, 2.05) is 18.5 Å². The highest BCUT2D eigenvalue weighted by atomic mass is 79.9. The van der Waals surface area contributed by atoms with E-state index in [-0.39, 0.29) is 11.2 Å². The summed E-state index contributed by atoms with van der Waals surface area (Å²) < 4.78 is 59.0. The third-order valence-corrected chi connectivity index (χ3v) is 6.12. The highest BCUT2D eigenvalue weighted by Gasteiger charge is 2.58. The Morgan fingerprint density at radius 1 is 1.17 bits per heavy atom. The molecule has 0 saturated carbocycles. The Morgan fingerprint density at radius 3 is 2.45 bits per heavy atom. The third-order valence-electron chi connectivity index (χ3n) is 4.38. The molecule has 0 saturated heterocycles. The molecule has 3 heterocycles. The zero-order valence-electron chi connectivity index (χ0n) is 15.8. The quantitative estimate of drug-likeness (QED) is 0.277. The molecule has 29 heavy (non-hydrogen) atoms. The van der Waals surface area contributed by atoms with Crippen LogP contribution < -0.4 is 0 Å². The fraction of sp³-hybridized carbons (Fsp3) is 0.412. The van der Waals surface area contributed by atoms with Crippen molar-refractivity contribution in [3.05, 3.63) is 29.1 Å². The number of alkyl halides is 4. The van der Waals surface area contributed by atoms with E-state index >= 15 is 0 Å². The average Bonchev–Trinajstić information content (AvgIpc) is 3.12. The maximum absolute atomic E-state index is 14.9. The van der Waals surface area contributed by atoms with Gasteiger partial charge in [0.25, 0.3) is 5.67 Å². The molecule has 0 bridgehead atoms. The summed E-state index contributed by atoms with van der Waals surface area (Å²) in [6.07, 6.45) is -5.28. The van der Waals surface area contributed by atoms with Crippen molar-refractivity contribution >= 4 is 38.9 Å². The van der Waals surface area contributed by atoms with Gasteiger partial charge in [-0.3, -0.25) is 0 Å². The van der Waals surface area contributed by atoms with Crippen molar-refractivity contribution in [1.29, 1.82) is 0 Å². The summed E-state index contributed by atoms with van der Waals surface area (Å²) in [5.41, 5.74) is -3.68. The van der Waals surface area contributed by atoms with Crippen molar-refractivity contribution in [3.63, 3.8) is 0 Å². The van der Waals surface area contributed by atoms with Crippen LogP contribution in [0, 0.1) is 0 Å². The lowest BCUT2D eigenvalue weighted by atomic mass is 9.96. The van der Waals surface area contributed by atoms with Crippen LogP contribution in [0.1, 0.15) is 19.0 Å². The summed E-state index contributed by atoms with van der Waals surface area (Å²) >= 11 is 4.91. The molecule has 3 aromatic heterocycles. The minimum absolute atomic E-state index is 0.0945. The van der Waals surface area contributed by atoms with Crippen molar-refractivity contribution in [2.45, 2.75) is 30.2 Å². The fourth-order valence-corrected chi connectivity index (χ4v) is 4.16. The molecule has 6 nitrogen and oxygen atoms in total. The SMILES string of the molecule is C=CCC(F)(c1cc2nc(-c3nc(Br)n(C)c3SCC)n(C)c2nn1)C(F)(F)F. The number of allylic oxidation sites excluding steroid dienone is 1. The average molecular weight is 493 g/mol. The Balaban J connectivity index is 2.19. The van der Waals surface area contributed by atoms with Crippen molar-refractivity contribution in [2.24, 2.45) is 14.1 Å². The van der Waals surface area contributed by atoms with E-state index in [1.165, 1.54) is 0 Å².